The van der Waals surface area contributed by atoms with Crippen molar-refractivity contribution < 1.29 is 19.0 Å². The fourth-order valence-electron chi connectivity index (χ4n) is 2.52. The molecule has 1 aliphatic rings. The smallest absolute Gasteiger partial charge is 0.220 e. The van der Waals surface area contributed by atoms with E-state index >= 15 is 0 Å². The molecule has 110 valence electrons. The highest BCUT2D eigenvalue weighted by Gasteiger charge is 2.27. The molecule has 2 rings (SSSR count). The number of hydrogen-bond acceptors (Lipinski definition) is 4. The van der Waals surface area contributed by atoms with E-state index in [4.69, 9.17) is 14.2 Å². The van der Waals surface area contributed by atoms with Gasteiger partial charge in [0.15, 0.2) is 6.29 Å². The topological polar surface area (TPSA) is 56.8 Å². The zero-order chi connectivity index (χ0) is 14.5. The van der Waals surface area contributed by atoms with E-state index in [1.807, 2.05) is 25.1 Å². The number of amides is 1. The van der Waals surface area contributed by atoms with Gasteiger partial charge in [-0.05, 0) is 24.6 Å². The third-order valence-corrected chi connectivity index (χ3v) is 3.50. The molecule has 5 nitrogen and oxygen atoms in total. The Labute approximate surface area is 119 Å². The second-order valence-corrected chi connectivity index (χ2v) is 4.72. The van der Waals surface area contributed by atoms with Crippen LogP contribution in [0.5, 0.6) is 5.75 Å². The van der Waals surface area contributed by atoms with Crippen LogP contribution in [0.1, 0.15) is 36.7 Å². The predicted octanol–water partition coefficient (Wildman–Crippen LogP) is 1.98. The molecule has 1 aliphatic heterocycles. The summed E-state index contributed by atoms with van der Waals surface area (Å²) in [5.41, 5.74) is 2.00. The Morgan fingerprint density at radius 3 is 2.75 bits per heavy atom. The average Bonchev–Trinajstić information content (AvgIpc) is 2.90. The van der Waals surface area contributed by atoms with Crippen LogP contribution in [0.4, 0.5) is 0 Å². The summed E-state index contributed by atoms with van der Waals surface area (Å²) in [6, 6.07) is 5.81. The van der Waals surface area contributed by atoms with Gasteiger partial charge in [0, 0.05) is 38.2 Å². The van der Waals surface area contributed by atoms with Crippen molar-refractivity contribution in [2.24, 2.45) is 0 Å². The van der Waals surface area contributed by atoms with Gasteiger partial charge in [-0.1, -0.05) is 6.07 Å². The lowest BCUT2D eigenvalue weighted by Gasteiger charge is -2.22. The molecule has 2 atom stereocenters. The van der Waals surface area contributed by atoms with Crippen LogP contribution in [0.25, 0.3) is 0 Å². The van der Waals surface area contributed by atoms with Crippen molar-refractivity contribution in [3.8, 4) is 5.75 Å². The Hall–Kier alpha value is -1.59. The molecular formula is C15H21NO4. The highest BCUT2D eigenvalue weighted by atomic mass is 16.7. The summed E-state index contributed by atoms with van der Waals surface area (Å²) in [6.07, 6.45) is 0.0582. The second kappa shape index (κ2) is 6.72. The van der Waals surface area contributed by atoms with Crippen LogP contribution in [0, 0.1) is 0 Å². The maximum atomic E-state index is 11.4. The molecule has 1 N–H and O–H groups in total. The predicted molar refractivity (Wildman–Crippen MR) is 74.7 cm³/mol. The monoisotopic (exact) mass is 279 g/mol. The van der Waals surface area contributed by atoms with E-state index in [-0.39, 0.29) is 11.8 Å². The number of benzene rings is 1. The first kappa shape index (κ1) is 14.8. The first-order valence-corrected chi connectivity index (χ1v) is 6.78. The van der Waals surface area contributed by atoms with Gasteiger partial charge in [-0.15, -0.1) is 0 Å². The van der Waals surface area contributed by atoms with Crippen LogP contribution >= 0.6 is 0 Å². The highest BCUT2D eigenvalue weighted by Crippen LogP contribution is 2.34. The summed E-state index contributed by atoms with van der Waals surface area (Å²) >= 11 is 0. The van der Waals surface area contributed by atoms with Crippen molar-refractivity contribution in [2.45, 2.75) is 25.6 Å². The lowest BCUT2D eigenvalue weighted by atomic mass is 9.92. The molecule has 1 heterocycles. The number of ether oxygens (including phenoxy) is 3. The summed E-state index contributed by atoms with van der Waals surface area (Å²) in [5, 5.41) is 2.86. The molecule has 1 aromatic carbocycles. The Balaban J connectivity index is 2.36. The lowest BCUT2D eigenvalue weighted by molar-refractivity contribution is -0.124. The van der Waals surface area contributed by atoms with Crippen LogP contribution < -0.4 is 10.1 Å². The maximum Gasteiger partial charge on any atom is 0.220 e. The third-order valence-electron chi connectivity index (χ3n) is 3.50. The van der Waals surface area contributed by atoms with Crippen molar-refractivity contribution in [1.82, 2.24) is 5.32 Å². The zero-order valence-corrected chi connectivity index (χ0v) is 12.1. The van der Waals surface area contributed by atoms with Crippen LogP contribution in [-0.4, -0.2) is 33.3 Å². The van der Waals surface area contributed by atoms with Gasteiger partial charge < -0.3 is 19.5 Å². The maximum absolute atomic E-state index is 11.4. The normalized spacial score (nSPS) is 19.8. The largest absolute Gasteiger partial charge is 0.497 e. The molecule has 0 bridgehead atoms. The summed E-state index contributed by atoms with van der Waals surface area (Å²) in [7, 11) is 3.24. The third kappa shape index (κ3) is 3.11. The molecular weight excluding hydrogens is 258 g/mol. The van der Waals surface area contributed by atoms with E-state index in [0.29, 0.717) is 19.6 Å². The number of methoxy groups -OCH3 is 2. The van der Waals surface area contributed by atoms with Crippen LogP contribution in [-0.2, 0) is 14.3 Å². The average molecular weight is 279 g/mol. The Morgan fingerprint density at radius 2 is 2.20 bits per heavy atom. The van der Waals surface area contributed by atoms with Gasteiger partial charge in [0.2, 0.25) is 5.91 Å². The van der Waals surface area contributed by atoms with Gasteiger partial charge in [0.05, 0.1) is 7.11 Å². The molecule has 20 heavy (non-hydrogen) atoms. The molecule has 1 aromatic rings. The molecule has 5 heteroatoms. The second-order valence-electron chi connectivity index (χ2n) is 4.72. The highest BCUT2D eigenvalue weighted by molar-refractivity contribution is 5.79. The summed E-state index contributed by atoms with van der Waals surface area (Å²) in [5.74, 6) is 0.992. The van der Waals surface area contributed by atoms with E-state index in [1.165, 1.54) is 0 Å². The Morgan fingerprint density at radius 1 is 1.40 bits per heavy atom. The van der Waals surface area contributed by atoms with Gasteiger partial charge in [-0.25, -0.2) is 0 Å². The quantitative estimate of drug-likeness (QED) is 0.809. The first-order valence-electron chi connectivity index (χ1n) is 6.78. The molecule has 0 radical (unpaired) electrons. The summed E-state index contributed by atoms with van der Waals surface area (Å²) < 4.78 is 16.3. The lowest BCUT2D eigenvalue weighted by Crippen LogP contribution is -2.15. The number of carbonyl (C=O) groups excluding carboxylic acids is 1. The molecule has 0 spiro atoms. The standard InChI is InChI=1S/C15H21NO4/c1-4-20-15(19-3)13-8-11(18-2)5-6-12(13)10-7-14(17)16-9-10/h5-6,8,10,15H,4,7,9H2,1-3H3,(H,16,17). The minimum absolute atomic E-state index is 0.0853. The van der Waals surface area contributed by atoms with Crippen molar-refractivity contribution in [3.63, 3.8) is 0 Å². The van der Waals surface area contributed by atoms with Gasteiger partial charge in [-0.3, -0.25) is 4.79 Å². The van der Waals surface area contributed by atoms with Crippen LogP contribution in [0.2, 0.25) is 0 Å². The van der Waals surface area contributed by atoms with Crippen LogP contribution in [0.3, 0.4) is 0 Å². The molecule has 1 amide bonds. The SMILES string of the molecule is CCOC(OC)c1cc(OC)ccc1C1CNC(=O)C1. The van der Waals surface area contributed by atoms with Gasteiger partial charge >= 0.3 is 0 Å². The summed E-state index contributed by atoms with van der Waals surface area (Å²) in [6.45, 7) is 3.13. The Bertz CT molecular complexity index is 475. The molecule has 0 aliphatic carbocycles. The minimum Gasteiger partial charge on any atom is -0.497 e. The van der Waals surface area contributed by atoms with Crippen molar-refractivity contribution in [1.29, 1.82) is 0 Å². The van der Waals surface area contributed by atoms with Gasteiger partial charge in [0.25, 0.3) is 0 Å². The van der Waals surface area contributed by atoms with E-state index in [0.717, 1.165) is 16.9 Å². The van der Waals surface area contributed by atoms with Gasteiger partial charge in [0.1, 0.15) is 5.75 Å². The minimum atomic E-state index is -0.444. The van der Waals surface area contributed by atoms with Crippen molar-refractivity contribution in [3.05, 3.63) is 29.3 Å². The summed E-state index contributed by atoms with van der Waals surface area (Å²) in [4.78, 5) is 11.4. The van der Waals surface area contributed by atoms with Crippen molar-refractivity contribution >= 4 is 5.91 Å². The van der Waals surface area contributed by atoms with Gasteiger partial charge in [-0.2, -0.15) is 0 Å². The molecule has 1 fully saturated rings. The fraction of sp³-hybridized carbons (Fsp3) is 0.533. The molecule has 0 aromatic heterocycles. The fourth-order valence-corrected chi connectivity index (χ4v) is 2.52. The first-order chi connectivity index (χ1) is 9.69. The van der Waals surface area contributed by atoms with E-state index in [2.05, 4.69) is 5.32 Å². The molecule has 1 saturated heterocycles. The number of rotatable bonds is 6. The molecule has 2 unspecified atom stereocenters. The number of nitrogens with one attached hydrogen (secondary N) is 1. The Kier molecular flexibility index (Phi) is 4.98. The van der Waals surface area contributed by atoms with Crippen molar-refractivity contribution in [2.75, 3.05) is 27.4 Å². The molecule has 0 saturated carbocycles. The number of hydrogen-bond donors (Lipinski definition) is 1. The van der Waals surface area contributed by atoms with Crippen LogP contribution in [0.15, 0.2) is 18.2 Å². The number of carbonyl (C=O) groups is 1. The zero-order valence-electron chi connectivity index (χ0n) is 12.1. The van der Waals surface area contributed by atoms with E-state index in [1.54, 1.807) is 14.2 Å². The van der Waals surface area contributed by atoms with E-state index in [9.17, 15) is 4.79 Å². The van der Waals surface area contributed by atoms with E-state index < -0.39 is 6.29 Å².